The van der Waals surface area contributed by atoms with E-state index >= 15 is 0 Å². The molecular formula is C23H21N5OS. The summed E-state index contributed by atoms with van der Waals surface area (Å²) in [4.78, 5) is 32.0. The van der Waals surface area contributed by atoms with Crippen LogP contribution in [0.4, 0.5) is 11.9 Å². The Morgan fingerprint density at radius 3 is 2.83 bits per heavy atom. The maximum absolute atomic E-state index is 12.6. The van der Waals surface area contributed by atoms with Crippen LogP contribution in [0.25, 0.3) is 10.9 Å². The van der Waals surface area contributed by atoms with E-state index in [0.717, 1.165) is 35.1 Å². The normalized spacial score (nSPS) is 15.9. The van der Waals surface area contributed by atoms with Crippen LogP contribution in [0.2, 0.25) is 0 Å². The minimum absolute atomic E-state index is 0.103. The van der Waals surface area contributed by atoms with Crippen molar-refractivity contribution < 1.29 is 4.79 Å². The third kappa shape index (κ3) is 3.45. The van der Waals surface area contributed by atoms with Crippen LogP contribution in [-0.2, 0) is 12.8 Å². The summed E-state index contributed by atoms with van der Waals surface area (Å²) < 4.78 is 0. The Morgan fingerprint density at radius 1 is 1.13 bits per heavy atom. The van der Waals surface area contributed by atoms with Crippen molar-refractivity contribution in [1.82, 2.24) is 19.9 Å². The van der Waals surface area contributed by atoms with E-state index in [9.17, 15) is 4.79 Å². The molecule has 0 unspecified atom stereocenters. The summed E-state index contributed by atoms with van der Waals surface area (Å²) in [5, 5.41) is 6.23. The summed E-state index contributed by atoms with van der Waals surface area (Å²) in [6, 6.07) is 10.4. The van der Waals surface area contributed by atoms with Crippen LogP contribution in [0.15, 0.2) is 41.9 Å². The fraction of sp³-hybridized carbons (Fsp3) is 0.261. The number of hydrogen-bond acceptors (Lipinski definition) is 7. The van der Waals surface area contributed by atoms with Crippen LogP contribution in [0.5, 0.6) is 0 Å². The van der Waals surface area contributed by atoms with E-state index in [-0.39, 0.29) is 11.7 Å². The second-order valence-corrected chi connectivity index (χ2v) is 8.54. The zero-order chi connectivity index (χ0) is 20.7. The molecule has 0 fully saturated rings. The standard InChI is InChI=1S/C23H21N5OS/c1-3-14-6-7-18-16(9-14)13(2)25-23(26-18)28-22-24-12-17-19(27-22)10-15(11-20(17)29)21-5-4-8-30-21/h4-9,12,15H,3,10-11H2,1-2H3,(H,24,25,26,27,28)/t15-/m1/s1. The van der Waals surface area contributed by atoms with Gasteiger partial charge in [-0.1, -0.05) is 19.1 Å². The maximum atomic E-state index is 12.6. The molecule has 0 spiro atoms. The second kappa shape index (κ2) is 7.57. The van der Waals surface area contributed by atoms with Gasteiger partial charge in [0.15, 0.2) is 5.78 Å². The van der Waals surface area contributed by atoms with E-state index in [1.165, 1.54) is 10.4 Å². The van der Waals surface area contributed by atoms with Gasteiger partial charge in [-0.2, -0.15) is 0 Å². The number of aromatic nitrogens is 4. The Labute approximate surface area is 178 Å². The van der Waals surface area contributed by atoms with Crippen molar-refractivity contribution in [3.63, 3.8) is 0 Å². The van der Waals surface area contributed by atoms with Gasteiger partial charge in [-0.05, 0) is 48.9 Å². The SMILES string of the molecule is CCc1ccc2nc(Nc3ncc4c(n3)C[C@@H](c3cccs3)CC4=O)nc(C)c2c1. The minimum Gasteiger partial charge on any atom is -0.294 e. The van der Waals surface area contributed by atoms with Crippen LogP contribution < -0.4 is 5.32 Å². The molecule has 0 saturated carbocycles. The third-order valence-corrected chi connectivity index (χ3v) is 6.60. The van der Waals surface area contributed by atoms with Gasteiger partial charge < -0.3 is 0 Å². The van der Waals surface area contributed by atoms with Gasteiger partial charge in [0, 0.05) is 28.8 Å². The first-order chi connectivity index (χ1) is 14.6. The summed E-state index contributed by atoms with van der Waals surface area (Å²) in [6.45, 7) is 4.11. The van der Waals surface area contributed by atoms with E-state index in [1.807, 2.05) is 24.4 Å². The van der Waals surface area contributed by atoms with Crippen molar-refractivity contribution in [3.8, 4) is 0 Å². The molecule has 1 aliphatic rings. The van der Waals surface area contributed by atoms with Crippen molar-refractivity contribution >= 4 is 39.9 Å². The van der Waals surface area contributed by atoms with E-state index in [0.29, 0.717) is 23.9 Å². The fourth-order valence-electron chi connectivity index (χ4n) is 3.93. The van der Waals surface area contributed by atoms with E-state index < -0.39 is 0 Å². The summed E-state index contributed by atoms with van der Waals surface area (Å²) in [5.41, 5.74) is 4.46. The van der Waals surface area contributed by atoms with Crippen molar-refractivity contribution in [3.05, 3.63) is 69.3 Å². The predicted molar refractivity (Wildman–Crippen MR) is 119 cm³/mol. The van der Waals surface area contributed by atoms with E-state index in [2.05, 4.69) is 50.4 Å². The number of anilines is 2. The number of nitrogens with zero attached hydrogens (tertiary/aromatic N) is 4. The molecule has 150 valence electrons. The summed E-state index contributed by atoms with van der Waals surface area (Å²) in [7, 11) is 0. The van der Waals surface area contributed by atoms with Gasteiger partial charge in [-0.3, -0.25) is 10.1 Å². The smallest absolute Gasteiger partial charge is 0.230 e. The fourth-order valence-corrected chi connectivity index (χ4v) is 4.76. The number of aryl methyl sites for hydroxylation is 2. The van der Waals surface area contributed by atoms with Gasteiger partial charge in [-0.25, -0.2) is 19.9 Å². The molecule has 6 nitrogen and oxygen atoms in total. The molecule has 0 amide bonds. The Hall–Kier alpha value is -3.19. The van der Waals surface area contributed by atoms with E-state index in [1.54, 1.807) is 17.5 Å². The number of nitrogens with one attached hydrogen (secondary N) is 1. The summed E-state index contributed by atoms with van der Waals surface area (Å²) in [5.74, 6) is 1.16. The van der Waals surface area contributed by atoms with Crippen molar-refractivity contribution in [2.75, 3.05) is 5.32 Å². The molecule has 3 heterocycles. The first-order valence-corrected chi connectivity index (χ1v) is 11.0. The molecule has 1 atom stereocenters. The molecule has 5 rings (SSSR count). The van der Waals surface area contributed by atoms with Gasteiger partial charge in [-0.15, -0.1) is 11.3 Å². The maximum Gasteiger partial charge on any atom is 0.230 e. The summed E-state index contributed by atoms with van der Waals surface area (Å²) in [6.07, 6.45) is 3.84. The molecule has 0 bridgehead atoms. The number of Topliss-reactive ketones (excluding diaryl/α,β-unsaturated/α-hetero) is 1. The average Bonchev–Trinajstić information content (AvgIpc) is 3.28. The number of rotatable bonds is 4. The second-order valence-electron chi connectivity index (χ2n) is 7.56. The molecular weight excluding hydrogens is 394 g/mol. The molecule has 7 heteroatoms. The average molecular weight is 416 g/mol. The van der Waals surface area contributed by atoms with Crippen molar-refractivity contribution in [2.45, 2.75) is 39.0 Å². The molecule has 0 radical (unpaired) electrons. The van der Waals surface area contributed by atoms with Crippen LogP contribution in [0, 0.1) is 6.92 Å². The number of benzene rings is 1. The van der Waals surface area contributed by atoms with Gasteiger partial charge in [0.25, 0.3) is 0 Å². The molecule has 1 N–H and O–H groups in total. The lowest BCUT2D eigenvalue weighted by molar-refractivity contribution is 0.0963. The Kier molecular flexibility index (Phi) is 4.75. The molecule has 30 heavy (non-hydrogen) atoms. The highest BCUT2D eigenvalue weighted by atomic mass is 32.1. The molecule has 4 aromatic rings. The number of carbonyl (C=O) groups is 1. The third-order valence-electron chi connectivity index (χ3n) is 5.57. The Morgan fingerprint density at radius 2 is 2.03 bits per heavy atom. The number of hydrogen-bond donors (Lipinski definition) is 1. The topological polar surface area (TPSA) is 80.7 Å². The molecule has 0 aliphatic heterocycles. The lowest BCUT2D eigenvalue weighted by atomic mass is 9.86. The highest BCUT2D eigenvalue weighted by molar-refractivity contribution is 7.10. The zero-order valence-corrected chi connectivity index (χ0v) is 17.7. The first-order valence-electron chi connectivity index (χ1n) is 10.1. The zero-order valence-electron chi connectivity index (χ0n) is 16.8. The largest absolute Gasteiger partial charge is 0.294 e. The van der Waals surface area contributed by atoms with Gasteiger partial charge in [0.1, 0.15) is 0 Å². The Bertz CT molecular complexity index is 1250. The lowest BCUT2D eigenvalue weighted by Crippen LogP contribution is -2.20. The molecule has 3 aromatic heterocycles. The lowest BCUT2D eigenvalue weighted by Gasteiger charge is -2.22. The van der Waals surface area contributed by atoms with Crippen molar-refractivity contribution in [2.24, 2.45) is 0 Å². The highest BCUT2D eigenvalue weighted by Gasteiger charge is 2.28. The highest BCUT2D eigenvalue weighted by Crippen LogP contribution is 2.34. The Balaban J connectivity index is 1.45. The van der Waals surface area contributed by atoms with Crippen LogP contribution in [0.3, 0.4) is 0 Å². The monoisotopic (exact) mass is 415 g/mol. The van der Waals surface area contributed by atoms with Gasteiger partial charge in [0.05, 0.1) is 22.5 Å². The van der Waals surface area contributed by atoms with Gasteiger partial charge in [0.2, 0.25) is 11.9 Å². The van der Waals surface area contributed by atoms with Gasteiger partial charge >= 0.3 is 0 Å². The molecule has 1 aromatic carbocycles. The minimum atomic E-state index is 0.103. The van der Waals surface area contributed by atoms with Crippen molar-refractivity contribution in [1.29, 1.82) is 0 Å². The number of fused-ring (bicyclic) bond motifs is 2. The first kappa shape index (κ1) is 18.8. The van der Waals surface area contributed by atoms with Crippen LogP contribution >= 0.6 is 11.3 Å². The molecule has 0 saturated heterocycles. The summed E-state index contributed by atoms with van der Waals surface area (Å²) >= 11 is 1.69. The number of thiophene rings is 1. The van der Waals surface area contributed by atoms with E-state index in [4.69, 9.17) is 0 Å². The quantitative estimate of drug-likeness (QED) is 0.505. The number of carbonyl (C=O) groups excluding carboxylic acids is 1. The molecule has 1 aliphatic carbocycles. The number of ketones is 1. The van der Waals surface area contributed by atoms with Crippen LogP contribution in [0.1, 0.15) is 51.4 Å². The predicted octanol–water partition coefficient (Wildman–Crippen LogP) is 5.01. The van der Waals surface area contributed by atoms with Crippen LogP contribution in [-0.4, -0.2) is 25.7 Å².